The minimum absolute atomic E-state index is 0.0996. The van der Waals surface area contributed by atoms with Gasteiger partial charge in [-0.2, -0.15) is 0 Å². The number of likely N-dealkylation sites (tertiary alicyclic amines) is 1. The zero-order chi connectivity index (χ0) is 13.2. The minimum atomic E-state index is -0.980. The van der Waals surface area contributed by atoms with Crippen LogP contribution in [-0.2, 0) is 6.54 Å². The summed E-state index contributed by atoms with van der Waals surface area (Å²) in [5, 5.41) is 9.21. The molecular weight excluding hydrogens is 242 g/mol. The van der Waals surface area contributed by atoms with Gasteiger partial charge in [0.05, 0.1) is 11.2 Å². The first-order valence-electron chi connectivity index (χ1n) is 6.67. The summed E-state index contributed by atoms with van der Waals surface area (Å²) in [4.78, 5) is 17.9. The molecule has 2 aromatic heterocycles. The Bertz CT molecular complexity index is 600. The number of hydrogen-bond acceptors (Lipinski definition) is 3. The molecule has 0 bridgehead atoms. The molecule has 0 amide bonds. The van der Waals surface area contributed by atoms with Crippen LogP contribution < -0.4 is 0 Å². The summed E-state index contributed by atoms with van der Waals surface area (Å²) < 4.78 is 1.65. The van der Waals surface area contributed by atoms with E-state index in [0.29, 0.717) is 0 Å². The van der Waals surface area contributed by atoms with Crippen molar-refractivity contribution >= 4 is 11.5 Å². The fraction of sp³-hybridized carbons (Fsp3) is 0.429. The number of carboxylic acids is 1. The number of aromatic carboxylic acids is 1. The smallest absolute Gasteiger partial charge is 0.372 e. The number of imidazole rings is 1. The van der Waals surface area contributed by atoms with Gasteiger partial charge >= 0.3 is 5.97 Å². The topological polar surface area (TPSA) is 57.8 Å². The van der Waals surface area contributed by atoms with Gasteiger partial charge < -0.3 is 5.11 Å². The average molecular weight is 259 g/mol. The van der Waals surface area contributed by atoms with Crippen molar-refractivity contribution in [2.45, 2.75) is 25.8 Å². The Kier molecular flexibility index (Phi) is 3.21. The van der Waals surface area contributed by atoms with E-state index in [0.717, 1.165) is 30.8 Å². The molecule has 0 unspecified atom stereocenters. The lowest BCUT2D eigenvalue weighted by molar-refractivity contribution is 0.0682. The van der Waals surface area contributed by atoms with Crippen LogP contribution in [0.1, 0.15) is 35.6 Å². The third kappa shape index (κ3) is 2.33. The van der Waals surface area contributed by atoms with Crippen LogP contribution in [-0.4, -0.2) is 38.4 Å². The zero-order valence-corrected chi connectivity index (χ0v) is 10.7. The minimum Gasteiger partial charge on any atom is -0.475 e. The van der Waals surface area contributed by atoms with E-state index in [2.05, 4.69) is 9.88 Å². The number of hydrogen-bond donors (Lipinski definition) is 1. The number of piperidine rings is 1. The Hall–Kier alpha value is -1.88. The molecule has 1 aliphatic rings. The van der Waals surface area contributed by atoms with Gasteiger partial charge in [0, 0.05) is 12.7 Å². The molecule has 2 aromatic rings. The summed E-state index contributed by atoms with van der Waals surface area (Å²) >= 11 is 0. The molecule has 0 saturated carbocycles. The highest BCUT2D eigenvalue weighted by molar-refractivity contribution is 5.85. The molecule has 100 valence electrons. The lowest BCUT2D eigenvalue weighted by Crippen LogP contribution is -2.29. The summed E-state index contributed by atoms with van der Waals surface area (Å²) in [5.74, 6) is -0.881. The fourth-order valence-corrected chi connectivity index (χ4v) is 2.70. The molecule has 1 aliphatic heterocycles. The second-order valence-electron chi connectivity index (χ2n) is 4.98. The normalized spacial score (nSPS) is 16.8. The van der Waals surface area contributed by atoms with E-state index >= 15 is 0 Å². The summed E-state index contributed by atoms with van der Waals surface area (Å²) in [5.41, 5.74) is 1.75. The van der Waals surface area contributed by atoms with Gasteiger partial charge in [0.1, 0.15) is 0 Å². The highest BCUT2D eigenvalue weighted by Gasteiger charge is 2.18. The van der Waals surface area contributed by atoms with Crippen LogP contribution in [0.2, 0.25) is 0 Å². The van der Waals surface area contributed by atoms with Gasteiger partial charge in [-0.05, 0) is 38.1 Å². The number of pyridine rings is 1. The number of aromatic nitrogens is 2. The van der Waals surface area contributed by atoms with Crippen LogP contribution in [0.5, 0.6) is 0 Å². The van der Waals surface area contributed by atoms with Crippen molar-refractivity contribution in [2.75, 3.05) is 13.1 Å². The molecule has 0 aliphatic carbocycles. The van der Waals surface area contributed by atoms with Gasteiger partial charge in [0.2, 0.25) is 5.82 Å². The van der Waals surface area contributed by atoms with E-state index in [4.69, 9.17) is 0 Å². The van der Waals surface area contributed by atoms with Crippen molar-refractivity contribution in [3.63, 3.8) is 0 Å². The van der Waals surface area contributed by atoms with Gasteiger partial charge in [-0.15, -0.1) is 0 Å². The second kappa shape index (κ2) is 5.01. The van der Waals surface area contributed by atoms with Crippen molar-refractivity contribution in [1.29, 1.82) is 0 Å². The molecule has 1 N–H and O–H groups in total. The zero-order valence-electron chi connectivity index (χ0n) is 10.7. The molecule has 1 saturated heterocycles. The Morgan fingerprint density at radius 2 is 2.05 bits per heavy atom. The summed E-state index contributed by atoms with van der Waals surface area (Å²) in [6.07, 6.45) is 5.49. The number of rotatable bonds is 3. The SMILES string of the molecule is O=C(O)c1nc(CN2CCCCC2)c2ccccn12. The Morgan fingerprint density at radius 1 is 1.26 bits per heavy atom. The lowest BCUT2D eigenvalue weighted by Gasteiger charge is -2.25. The average Bonchev–Trinajstić information content (AvgIpc) is 2.79. The van der Waals surface area contributed by atoms with Crippen molar-refractivity contribution in [3.8, 4) is 0 Å². The fourth-order valence-electron chi connectivity index (χ4n) is 2.70. The number of carbonyl (C=O) groups is 1. The molecular formula is C14H17N3O2. The lowest BCUT2D eigenvalue weighted by atomic mass is 10.1. The predicted molar refractivity (Wildman–Crippen MR) is 71.3 cm³/mol. The predicted octanol–water partition coefficient (Wildman–Crippen LogP) is 2.02. The molecule has 3 heterocycles. The highest BCUT2D eigenvalue weighted by Crippen LogP contribution is 2.18. The molecule has 5 heteroatoms. The van der Waals surface area contributed by atoms with Gasteiger partial charge in [-0.1, -0.05) is 12.5 Å². The summed E-state index contributed by atoms with van der Waals surface area (Å²) in [6.45, 7) is 2.89. The van der Waals surface area contributed by atoms with Crippen LogP contribution in [0.15, 0.2) is 24.4 Å². The third-order valence-electron chi connectivity index (χ3n) is 3.64. The molecule has 19 heavy (non-hydrogen) atoms. The van der Waals surface area contributed by atoms with E-state index in [1.165, 1.54) is 19.3 Å². The maximum Gasteiger partial charge on any atom is 0.372 e. The van der Waals surface area contributed by atoms with Crippen LogP contribution >= 0.6 is 0 Å². The maximum absolute atomic E-state index is 11.2. The standard InChI is InChI=1S/C14H17N3O2/c18-14(19)13-15-11(10-16-7-3-1-4-8-16)12-6-2-5-9-17(12)13/h2,5-6,9H,1,3-4,7-8,10H2,(H,18,19). The van der Waals surface area contributed by atoms with Crippen molar-refractivity contribution in [1.82, 2.24) is 14.3 Å². The Balaban J connectivity index is 1.96. The van der Waals surface area contributed by atoms with Gasteiger partial charge in [-0.25, -0.2) is 9.78 Å². The van der Waals surface area contributed by atoms with E-state index in [9.17, 15) is 9.90 Å². The summed E-state index contributed by atoms with van der Waals surface area (Å²) in [6, 6.07) is 5.67. The maximum atomic E-state index is 11.2. The van der Waals surface area contributed by atoms with Crippen molar-refractivity contribution < 1.29 is 9.90 Å². The van der Waals surface area contributed by atoms with Crippen LogP contribution in [0.3, 0.4) is 0 Å². The van der Waals surface area contributed by atoms with Crippen LogP contribution in [0, 0.1) is 0 Å². The molecule has 0 radical (unpaired) electrons. The second-order valence-corrected chi connectivity index (χ2v) is 4.98. The number of fused-ring (bicyclic) bond motifs is 1. The van der Waals surface area contributed by atoms with E-state index in [1.54, 1.807) is 10.6 Å². The molecule has 3 rings (SSSR count). The molecule has 0 aromatic carbocycles. The molecule has 0 spiro atoms. The monoisotopic (exact) mass is 259 g/mol. The van der Waals surface area contributed by atoms with Gasteiger partial charge in [-0.3, -0.25) is 9.30 Å². The number of nitrogens with zero attached hydrogens (tertiary/aromatic N) is 3. The first kappa shape index (κ1) is 12.2. The number of carboxylic acid groups (broad SMARTS) is 1. The first-order chi connectivity index (χ1) is 9.25. The molecule has 5 nitrogen and oxygen atoms in total. The highest BCUT2D eigenvalue weighted by atomic mass is 16.4. The van der Waals surface area contributed by atoms with E-state index in [1.807, 2.05) is 18.2 Å². The largest absolute Gasteiger partial charge is 0.475 e. The quantitative estimate of drug-likeness (QED) is 0.916. The van der Waals surface area contributed by atoms with Gasteiger partial charge in [0.25, 0.3) is 0 Å². The van der Waals surface area contributed by atoms with Crippen molar-refractivity contribution in [3.05, 3.63) is 35.9 Å². The first-order valence-corrected chi connectivity index (χ1v) is 6.67. The van der Waals surface area contributed by atoms with Crippen LogP contribution in [0.25, 0.3) is 5.52 Å². The third-order valence-corrected chi connectivity index (χ3v) is 3.64. The summed E-state index contributed by atoms with van der Waals surface area (Å²) in [7, 11) is 0. The Labute approximate surface area is 111 Å². The molecule has 1 fully saturated rings. The van der Waals surface area contributed by atoms with Crippen LogP contribution in [0.4, 0.5) is 0 Å². The van der Waals surface area contributed by atoms with E-state index < -0.39 is 5.97 Å². The van der Waals surface area contributed by atoms with Gasteiger partial charge in [0.15, 0.2) is 0 Å². The Morgan fingerprint density at radius 3 is 2.79 bits per heavy atom. The molecule has 0 atom stereocenters. The van der Waals surface area contributed by atoms with E-state index in [-0.39, 0.29) is 5.82 Å². The van der Waals surface area contributed by atoms with Crippen molar-refractivity contribution in [2.24, 2.45) is 0 Å².